The summed E-state index contributed by atoms with van der Waals surface area (Å²) in [6.45, 7) is 1.48. The van der Waals surface area contributed by atoms with Gasteiger partial charge in [0.25, 0.3) is 0 Å². The Hall–Kier alpha value is -2.67. The highest BCUT2D eigenvalue weighted by Gasteiger charge is 2.33. The number of nitrogens with zero attached hydrogens (tertiary/aromatic N) is 4. The second-order valence-corrected chi connectivity index (χ2v) is 6.23. The van der Waals surface area contributed by atoms with Crippen LogP contribution in [0.5, 0.6) is 5.75 Å². The average Bonchev–Trinajstić information content (AvgIpc) is 3.24. The number of methoxy groups -OCH3 is 1. The van der Waals surface area contributed by atoms with Gasteiger partial charge >= 0.3 is 0 Å². The van der Waals surface area contributed by atoms with E-state index in [9.17, 15) is 4.39 Å². The molecule has 0 spiro atoms. The number of imidazole rings is 2. The second kappa shape index (κ2) is 6.33. The molecule has 1 atom stereocenters. The Balaban J connectivity index is 1.80. The van der Waals surface area contributed by atoms with E-state index in [-0.39, 0.29) is 11.9 Å². The Morgan fingerprint density at radius 3 is 3.00 bits per heavy atom. The molecule has 1 aliphatic heterocycles. The van der Waals surface area contributed by atoms with Crippen molar-refractivity contribution in [2.24, 2.45) is 7.05 Å². The van der Waals surface area contributed by atoms with Gasteiger partial charge < -0.3 is 14.3 Å². The van der Waals surface area contributed by atoms with Crippen LogP contribution in [-0.2, 0) is 20.0 Å². The van der Waals surface area contributed by atoms with Crippen molar-refractivity contribution < 1.29 is 9.13 Å². The number of halogens is 1. The van der Waals surface area contributed by atoms with Gasteiger partial charge in [-0.15, -0.1) is 0 Å². The quantitative estimate of drug-likeness (QED) is 0.792. The topological polar surface area (TPSA) is 59.0 Å². The van der Waals surface area contributed by atoms with E-state index in [4.69, 9.17) is 4.74 Å². The molecule has 7 heteroatoms. The second-order valence-electron chi connectivity index (χ2n) is 6.23. The van der Waals surface area contributed by atoms with E-state index in [0.29, 0.717) is 12.3 Å². The van der Waals surface area contributed by atoms with E-state index in [0.717, 1.165) is 35.7 Å². The van der Waals surface area contributed by atoms with Crippen molar-refractivity contribution in [1.29, 1.82) is 0 Å². The minimum atomic E-state index is -0.282. The highest BCUT2D eigenvalue weighted by molar-refractivity contribution is 5.42. The summed E-state index contributed by atoms with van der Waals surface area (Å²) in [5.41, 5.74) is 2.79. The molecular formula is C18H20FN5O. The first kappa shape index (κ1) is 15.8. The van der Waals surface area contributed by atoms with Crippen LogP contribution in [-0.4, -0.2) is 38.1 Å². The van der Waals surface area contributed by atoms with Crippen molar-refractivity contribution in [2.75, 3.05) is 13.7 Å². The third-order valence-electron chi connectivity index (χ3n) is 4.78. The number of hydrogen-bond donors (Lipinski definition) is 1. The maximum atomic E-state index is 14.0. The maximum absolute atomic E-state index is 14.0. The monoisotopic (exact) mass is 341 g/mol. The molecular weight excluding hydrogens is 321 g/mol. The highest BCUT2D eigenvalue weighted by Crippen LogP contribution is 2.38. The fourth-order valence-electron chi connectivity index (χ4n) is 3.49. The summed E-state index contributed by atoms with van der Waals surface area (Å²) in [6, 6.07) is 4.44. The summed E-state index contributed by atoms with van der Waals surface area (Å²) in [4.78, 5) is 14.4. The molecule has 0 radical (unpaired) electrons. The number of aromatic nitrogens is 4. The van der Waals surface area contributed by atoms with Gasteiger partial charge in [-0.05, 0) is 18.2 Å². The van der Waals surface area contributed by atoms with Crippen molar-refractivity contribution >= 4 is 0 Å². The van der Waals surface area contributed by atoms with Gasteiger partial charge in [-0.3, -0.25) is 4.90 Å². The molecule has 0 amide bonds. The maximum Gasteiger partial charge on any atom is 0.124 e. The van der Waals surface area contributed by atoms with Crippen molar-refractivity contribution in [1.82, 2.24) is 24.4 Å². The van der Waals surface area contributed by atoms with Crippen LogP contribution in [0, 0.1) is 5.82 Å². The van der Waals surface area contributed by atoms with Crippen LogP contribution >= 0.6 is 0 Å². The van der Waals surface area contributed by atoms with Gasteiger partial charge in [0.15, 0.2) is 0 Å². The van der Waals surface area contributed by atoms with Crippen LogP contribution < -0.4 is 4.74 Å². The molecule has 0 fully saturated rings. The number of hydrogen-bond acceptors (Lipinski definition) is 4. The summed E-state index contributed by atoms with van der Waals surface area (Å²) >= 11 is 0. The molecule has 1 aliphatic rings. The van der Waals surface area contributed by atoms with Crippen molar-refractivity contribution in [3.05, 3.63) is 65.5 Å². The predicted octanol–water partition coefficient (Wildman–Crippen LogP) is 2.44. The lowest BCUT2D eigenvalue weighted by atomic mass is 9.94. The predicted molar refractivity (Wildman–Crippen MR) is 90.7 cm³/mol. The van der Waals surface area contributed by atoms with Gasteiger partial charge in [0, 0.05) is 43.7 Å². The lowest BCUT2D eigenvalue weighted by molar-refractivity contribution is 0.190. The summed E-state index contributed by atoms with van der Waals surface area (Å²) in [6.07, 6.45) is 6.29. The molecule has 25 heavy (non-hydrogen) atoms. The highest BCUT2D eigenvalue weighted by atomic mass is 19.1. The van der Waals surface area contributed by atoms with Crippen molar-refractivity contribution in [3.8, 4) is 5.75 Å². The Kier molecular flexibility index (Phi) is 4.01. The SMILES string of the molecule is COc1ccc(F)cc1[C@H]1c2nc[nH]c2CCN1Cc1nccn1C. The van der Waals surface area contributed by atoms with Gasteiger partial charge in [0.1, 0.15) is 17.4 Å². The fourth-order valence-corrected chi connectivity index (χ4v) is 3.49. The number of rotatable bonds is 4. The molecule has 4 rings (SSSR count). The van der Waals surface area contributed by atoms with Gasteiger partial charge in [-0.2, -0.15) is 0 Å². The Bertz CT molecular complexity index is 887. The third-order valence-corrected chi connectivity index (χ3v) is 4.78. The van der Waals surface area contributed by atoms with E-state index < -0.39 is 0 Å². The molecule has 1 aromatic carbocycles. The van der Waals surface area contributed by atoms with Gasteiger partial charge in [0.05, 0.1) is 31.7 Å². The molecule has 2 aromatic heterocycles. The van der Waals surface area contributed by atoms with E-state index in [2.05, 4.69) is 19.9 Å². The lowest BCUT2D eigenvalue weighted by Crippen LogP contribution is -2.36. The van der Waals surface area contributed by atoms with Crippen LogP contribution in [0.1, 0.15) is 28.8 Å². The van der Waals surface area contributed by atoms with Crippen molar-refractivity contribution in [2.45, 2.75) is 19.0 Å². The summed E-state index contributed by atoms with van der Waals surface area (Å²) in [5.74, 6) is 1.34. The van der Waals surface area contributed by atoms with E-state index in [1.807, 2.05) is 17.8 Å². The van der Waals surface area contributed by atoms with Gasteiger partial charge in [0.2, 0.25) is 0 Å². The molecule has 6 nitrogen and oxygen atoms in total. The zero-order valence-corrected chi connectivity index (χ0v) is 14.2. The van der Waals surface area contributed by atoms with Crippen LogP contribution in [0.2, 0.25) is 0 Å². The van der Waals surface area contributed by atoms with Gasteiger partial charge in [-0.1, -0.05) is 0 Å². The first-order chi connectivity index (χ1) is 12.2. The molecule has 0 aliphatic carbocycles. The molecule has 0 saturated carbocycles. The molecule has 3 heterocycles. The third kappa shape index (κ3) is 2.80. The Labute approximate surface area is 145 Å². The Morgan fingerprint density at radius 1 is 1.36 bits per heavy atom. The first-order valence-corrected chi connectivity index (χ1v) is 8.23. The minimum Gasteiger partial charge on any atom is -0.496 e. The molecule has 1 N–H and O–H groups in total. The molecule has 0 bridgehead atoms. The summed E-state index contributed by atoms with van der Waals surface area (Å²) < 4.78 is 21.5. The van der Waals surface area contributed by atoms with Crippen LogP contribution in [0.15, 0.2) is 36.9 Å². The van der Waals surface area contributed by atoms with Gasteiger partial charge in [-0.25, -0.2) is 14.4 Å². The molecule has 0 unspecified atom stereocenters. The number of fused-ring (bicyclic) bond motifs is 1. The minimum absolute atomic E-state index is 0.183. The van der Waals surface area contributed by atoms with Crippen LogP contribution in [0.25, 0.3) is 0 Å². The summed E-state index contributed by atoms with van der Waals surface area (Å²) in [5, 5.41) is 0. The number of aromatic amines is 1. The fraction of sp³-hybridized carbons (Fsp3) is 0.333. The number of aryl methyl sites for hydroxylation is 1. The normalized spacial score (nSPS) is 17.5. The largest absolute Gasteiger partial charge is 0.496 e. The van der Waals surface area contributed by atoms with Crippen LogP contribution in [0.3, 0.4) is 0 Å². The molecule has 3 aromatic rings. The van der Waals surface area contributed by atoms with E-state index in [1.54, 1.807) is 31.8 Å². The number of benzene rings is 1. The Morgan fingerprint density at radius 2 is 2.24 bits per heavy atom. The zero-order valence-electron chi connectivity index (χ0n) is 14.2. The standard InChI is InChI=1S/C18H20FN5O/c1-23-8-6-20-16(23)10-24-7-5-14-17(22-11-21-14)18(24)13-9-12(19)3-4-15(13)25-2/h3-4,6,8-9,11,18H,5,7,10H2,1-2H3,(H,21,22)/t18-/m0/s1. The molecule has 0 saturated heterocycles. The van der Waals surface area contributed by atoms with E-state index in [1.165, 1.54) is 6.07 Å². The zero-order chi connectivity index (χ0) is 17.4. The first-order valence-electron chi connectivity index (χ1n) is 8.23. The smallest absolute Gasteiger partial charge is 0.124 e. The number of nitrogens with one attached hydrogen (secondary N) is 1. The van der Waals surface area contributed by atoms with E-state index >= 15 is 0 Å². The average molecular weight is 341 g/mol. The summed E-state index contributed by atoms with van der Waals surface area (Å²) in [7, 11) is 3.58. The van der Waals surface area contributed by atoms with Crippen LogP contribution in [0.4, 0.5) is 4.39 Å². The number of H-pyrrole nitrogens is 1. The molecule has 130 valence electrons. The van der Waals surface area contributed by atoms with Crippen molar-refractivity contribution in [3.63, 3.8) is 0 Å². The lowest BCUT2D eigenvalue weighted by Gasteiger charge is -2.35. The number of ether oxygens (including phenoxy) is 1.